The van der Waals surface area contributed by atoms with Crippen molar-refractivity contribution in [1.29, 1.82) is 0 Å². The number of ether oxygens (including phenoxy) is 1. The Morgan fingerprint density at radius 1 is 1.48 bits per heavy atom. The second-order valence-electron chi connectivity index (χ2n) is 6.57. The molecule has 0 bridgehead atoms. The fourth-order valence-corrected chi connectivity index (χ4v) is 4.46. The molecule has 3 rings (SSSR count). The molecule has 1 aliphatic carbocycles. The van der Waals surface area contributed by atoms with Crippen LogP contribution >= 0.6 is 11.3 Å². The minimum absolute atomic E-state index is 0.0368. The molecule has 9 heteroatoms. The van der Waals surface area contributed by atoms with Crippen molar-refractivity contribution in [2.75, 3.05) is 31.6 Å². The number of hydrogen-bond donors (Lipinski definition) is 1. The average Bonchev–Trinajstić information content (AvgIpc) is 2.94. The van der Waals surface area contributed by atoms with Gasteiger partial charge in [0.2, 0.25) is 5.91 Å². The molecule has 2 unspecified atom stereocenters. The third-order valence-corrected chi connectivity index (χ3v) is 5.81. The normalized spacial score (nSPS) is 24.8. The van der Waals surface area contributed by atoms with Crippen molar-refractivity contribution in [3.8, 4) is 0 Å². The van der Waals surface area contributed by atoms with Gasteiger partial charge in [0.15, 0.2) is 5.13 Å². The average molecular weight is 377 g/mol. The van der Waals surface area contributed by atoms with E-state index in [9.17, 15) is 18.0 Å². The second-order valence-corrected chi connectivity index (χ2v) is 7.66. The van der Waals surface area contributed by atoms with E-state index < -0.39 is 24.7 Å². The molecule has 2 atom stereocenters. The summed E-state index contributed by atoms with van der Waals surface area (Å²) in [5, 5.41) is 3.17. The highest BCUT2D eigenvalue weighted by atomic mass is 32.1. The third kappa shape index (κ3) is 4.71. The summed E-state index contributed by atoms with van der Waals surface area (Å²) >= 11 is 1.44. The fraction of sp³-hybridized carbons (Fsp3) is 0.750. The van der Waals surface area contributed by atoms with Crippen molar-refractivity contribution < 1.29 is 22.7 Å². The molecule has 0 radical (unpaired) electrons. The van der Waals surface area contributed by atoms with Crippen molar-refractivity contribution in [2.24, 2.45) is 5.92 Å². The first-order valence-corrected chi connectivity index (χ1v) is 9.35. The molecule has 0 aromatic carbocycles. The highest BCUT2D eigenvalue weighted by Gasteiger charge is 2.38. The lowest BCUT2D eigenvalue weighted by atomic mass is 9.89. The molecule has 1 aliphatic heterocycles. The van der Waals surface area contributed by atoms with Gasteiger partial charge in [-0.3, -0.25) is 9.69 Å². The molecule has 25 heavy (non-hydrogen) atoms. The molecule has 1 aromatic heterocycles. The van der Waals surface area contributed by atoms with Crippen LogP contribution in [-0.2, 0) is 22.4 Å². The van der Waals surface area contributed by atoms with E-state index in [0.717, 1.165) is 36.3 Å². The zero-order chi connectivity index (χ0) is 18.0. The van der Waals surface area contributed by atoms with Gasteiger partial charge in [-0.05, 0) is 25.2 Å². The first-order chi connectivity index (χ1) is 11.9. The number of amides is 1. The Morgan fingerprint density at radius 2 is 2.28 bits per heavy atom. The van der Waals surface area contributed by atoms with E-state index in [1.165, 1.54) is 16.2 Å². The number of halogens is 3. The highest BCUT2D eigenvalue weighted by Crippen LogP contribution is 2.33. The summed E-state index contributed by atoms with van der Waals surface area (Å²) < 4.78 is 43.3. The minimum Gasteiger partial charge on any atom is -0.378 e. The van der Waals surface area contributed by atoms with Gasteiger partial charge in [0.05, 0.1) is 25.5 Å². The number of carbonyl (C=O) groups is 1. The zero-order valence-electron chi connectivity index (χ0n) is 14.1. The molecule has 1 amide bonds. The molecular weight excluding hydrogens is 355 g/mol. The molecule has 1 N–H and O–H groups in total. The van der Waals surface area contributed by atoms with Crippen LogP contribution in [0, 0.1) is 5.92 Å². The smallest absolute Gasteiger partial charge is 0.378 e. The van der Waals surface area contributed by atoms with Crippen LogP contribution in [0.1, 0.15) is 30.3 Å². The lowest BCUT2D eigenvalue weighted by molar-refractivity contribution is -0.165. The van der Waals surface area contributed by atoms with E-state index in [1.54, 1.807) is 0 Å². The Labute approximate surface area is 148 Å². The number of aromatic nitrogens is 1. The number of nitrogens with zero attached hydrogens (tertiary/aromatic N) is 2. The first-order valence-electron chi connectivity index (χ1n) is 8.53. The molecule has 1 saturated heterocycles. The maximum atomic E-state index is 12.7. The summed E-state index contributed by atoms with van der Waals surface area (Å²) in [6.07, 6.45) is -0.272. The maximum absolute atomic E-state index is 12.7. The van der Waals surface area contributed by atoms with Crippen molar-refractivity contribution in [3.63, 3.8) is 0 Å². The minimum atomic E-state index is -4.34. The molecule has 1 aromatic rings. The van der Waals surface area contributed by atoms with Crippen LogP contribution in [-0.4, -0.2) is 54.3 Å². The van der Waals surface area contributed by atoms with E-state index in [-0.39, 0.29) is 19.8 Å². The van der Waals surface area contributed by atoms with Gasteiger partial charge in [-0.1, -0.05) is 13.3 Å². The number of thiazole rings is 1. The van der Waals surface area contributed by atoms with E-state index in [2.05, 4.69) is 17.2 Å². The molecule has 2 aliphatic rings. The monoisotopic (exact) mass is 377 g/mol. The Bertz CT molecular complexity index is 620. The summed E-state index contributed by atoms with van der Waals surface area (Å²) in [4.78, 5) is 19.2. The summed E-state index contributed by atoms with van der Waals surface area (Å²) in [6, 6.07) is -0.945. The molecule has 0 spiro atoms. The number of fused-ring (bicyclic) bond motifs is 1. The Morgan fingerprint density at radius 3 is 3.00 bits per heavy atom. The van der Waals surface area contributed by atoms with Crippen LogP contribution in [0.15, 0.2) is 0 Å². The number of nitrogens with one attached hydrogen (secondary N) is 1. The largest absolute Gasteiger partial charge is 0.401 e. The van der Waals surface area contributed by atoms with Gasteiger partial charge in [-0.2, -0.15) is 13.2 Å². The summed E-state index contributed by atoms with van der Waals surface area (Å²) in [5.41, 5.74) is 1.01. The quantitative estimate of drug-likeness (QED) is 0.877. The number of hydrogen-bond acceptors (Lipinski definition) is 5. The second kappa shape index (κ2) is 7.59. The fourth-order valence-electron chi connectivity index (χ4n) is 3.33. The van der Waals surface area contributed by atoms with Gasteiger partial charge in [-0.15, -0.1) is 11.3 Å². The lowest BCUT2D eigenvalue weighted by Crippen LogP contribution is -2.54. The van der Waals surface area contributed by atoms with Crippen molar-refractivity contribution >= 4 is 22.4 Å². The molecule has 140 valence electrons. The molecule has 1 fully saturated rings. The number of carbonyl (C=O) groups excluding carboxylic acids is 1. The summed E-state index contributed by atoms with van der Waals surface area (Å²) in [5.74, 6) is 0.160. The topological polar surface area (TPSA) is 54.5 Å². The number of alkyl halides is 3. The van der Waals surface area contributed by atoms with E-state index >= 15 is 0 Å². The summed E-state index contributed by atoms with van der Waals surface area (Å²) in [6.45, 7) is 1.30. The zero-order valence-corrected chi connectivity index (χ0v) is 14.9. The maximum Gasteiger partial charge on any atom is 0.401 e. The van der Waals surface area contributed by atoms with Gasteiger partial charge in [-0.25, -0.2) is 4.98 Å². The van der Waals surface area contributed by atoms with Crippen molar-refractivity contribution in [2.45, 2.75) is 44.8 Å². The third-order valence-electron chi connectivity index (χ3n) is 4.77. The van der Waals surface area contributed by atoms with Crippen molar-refractivity contribution in [1.82, 2.24) is 9.88 Å². The number of aryl methyl sites for hydroxylation is 1. The number of anilines is 1. The highest BCUT2D eigenvalue weighted by molar-refractivity contribution is 7.15. The van der Waals surface area contributed by atoms with Crippen molar-refractivity contribution in [3.05, 3.63) is 10.6 Å². The first kappa shape index (κ1) is 18.6. The van der Waals surface area contributed by atoms with E-state index in [0.29, 0.717) is 11.0 Å². The Balaban J connectivity index is 1.66. The number of morpholine rings is 1. The summed E-state index contributed by atoms with van der Waals surface area (Å²) in [7, 11) is 0. The Hall–Kier alpha value is -1.19. The predicted molar refractivity (Wildman–Crippen MR) is 88.8 cm³/mol. The van der Waals surface area contributed by atoms with Crippen LogP contribution in [0.4, 0.5) is 18.3 Å². The SMILES string of the molecule is CCC1CCc2nc(NC(=O)C3COCCN3CC(F)(F)F)sc2C1. The molecule has 5 nitrogen and oxygen atoms in total. The molecule has 0 saturated carbocycles. The molecule has 2 heterocycles. The van der Waals surface area contributed by atoms with Gasteiger partial charge in [0, 0.05) is 11.4 Å². The van der Waals surface area contributed by atoms with E-state index in [4.69, 9.17) is 4.74 Å². The van der Waals surface area contributed by atoms with Gasteiger partial charge in [0.1, 0.15) is 6.04 Å². The predicted octanol–water partition coefficient (Wildman–Crippen LogP) is 2.86. The van der Waals surface area contributed by atoms with Crippen LogP contribution in [0.2, 0.25) is 0 Å². The van der Waals surface area contributed by atoms with Crippen LogP contribution < -0.4 is 5.32 Å². The number of rotatable bonds is 4. The van der Waals surface area contributed by atoms with Gasteiger partial charge in [0.25, 0.3) is 0 Å². The molecular formula is C16H22F3N3O2S. The van der Waals surface area contributed by atoms with Gasteiger partial charge < -0.3 is 10.1 Å². The van der Waals surface area contributed by atoms with Crippen LogP contribution in [0.5, 0.6) is 0 Å². The van der Waals surface area contributed by atoms with Crippen LogP contribution in [0.3, 0.4) is 0 Å². The lowest BCUT2D eigenvalue weighted by Gasteiger charge is -2.34. The standard InChI is InChI=1S/C16H22F3N3O2S/c1-2-10-3-4-11-13(7-10)25-15(20-11)21-14(23)12-8-24-6-5-22(12)9-16(17,18)19/h10,12H,2-9H2,1H3,(H,20,21,23). The van der Waals surface area contributed by atoms with Gasteiger partial charge >= 0.3 is 6.18 Å². The van der Waals surface area contributed by atoms with Crippen LogP contribution in [0.25, 0.3) is 0 Å². The van der Waals surface area contributed by atoms with E-state index in [1.807, 2.05) is 0 Å². The Kier molecular flexibility index (Phi) is 5.65.